The normalized spacial score (nSPS) is 7.14. The van der Waals surface area contributed by atoms with Gasteiger partial charge >= 0.3 is 0 Å². The molecule has 0 heterocycles. The number of alkyl halides is 1. The first-order chi connectivity index (χ1) is 3.41. The molecule has 42 valence electrons. The monoisotopic (exact) mass is 323 g/mol. The van der Waals surface area contributed by atoms with Crippen LogP contribution in [0.1, 0.15) is 6.92 Å². The van der Waals surface area contributed by atoms with Gasteiger partial charge in [0, 0.05) is 0 Å². The number of halogens is 2. The summed E-state index contributed by atoms with van der Waals surface area (Å²) in [5.41, 5.74) is 0. The molecule has 0 aromatic heterocycles. The van der Waals surface area contributed by atoms with Gasteiger partial charge in [0.25, 0.3) is 0 Å². The average molecular weight is 323 g/mol. The summed E-state index contributed by atoms with van der Waals surface area (Å²) < 4.78 is 7.30. The molecule has 1 nitrogen and oxygen atoms in total. The molecule has 0 aliphatic rings. The second-order valence-corrected chi connectivity index (χ2v) is 4.30. The van der Waals surface area contributed by atoms with Crippen LogP contribution in [0.25, 0.3) is 0 Å². The van der Waals surface area contributed by atoms with Crippen LogP contribution < -0.4 is 3.53 Å². The summed E-state index contributed by atoms with van der Waals surface area (Å²) in [5.74, 6) is 0. The highest BCUT2D eigenvalue weighted by Gasteiger charge is 1.56. The van der Waals surface area contributed by atoms with Crippen molar-refractivity contribution in [1.82, 2.24) is 3.53 Å². The molecule has 0 spiro atoms. The van der Waals surface area contributed by atoms with Crippen LogP contribution in [-0.2, 0) is 0 Å². The van der Waals surface area contributed by atoms with E-state index in [1.165, 1.54) is 4.43 Å². The first-order valence-corrected chi connectivity index (χ1v) is 5.61. The third kappa shape index (κ3) is 6.91. The predicted molar refractivity (Wildman–Crippen MR) is 51.3 cm³/mol. The summed E-state index contributed by atoms with van der Waals surface area (Å²) in [5, 5.41) is 0. The van der Waals surface area contributed by atoms with Crippen LogP contribution >= 0.6 is 43.6 Å². The van der Waals surface area contributed by atoms with Gasteiger partial charge < -0.3 is 3.53 Å². The van der Waals surface area contributed by atoms with Gasteiger partial charge in [-0.3, -0.25) is 0 Å². The second-order valence-electron chi connectivity index (χ2n) is 0.763. The van der Waals surface area contributed by atoms with Crippen molar-refractivity contribution in [1.29, 1.82) is 0 Å². The Morgan fingerprint density at radius 2 is 2.71 bits per heavy atom. The van der Waals surface area contributed by atoms with Crippen LogP contribution in [-0.4, -0.2) is 8.09 Å². The molecule has 0 radical (unpaired) electrons. The van der Waals surface area contributed by atoms with Gasteiger partial charge in [-0.05, 0) is 4.43 Å². The fourth-order valence-corrected chi connectivity index (χ4v) is 1.70. The highest BCUT2D eigenvalue weighted by atomic mass is 127. The molecular formula is C4H7I2N. The molecule has 0 unspecified atom stereocenters. The van der Waals surface area contributed by atoms with E-state index in [1.54, 1.807) is 0 Å². The Balaban J connectivity index is 3.21. The van der Waals surface area contributed by atoms with Crippen LogP contribution in [0, 0.1) is 0 Å². The van der Waals surface area contributed by atoms with E-state index >= 15 is 0 Å². The van der Waals surface area contributed by atoms with E-state index in [0.29, 0.717) is 0 Å². The molecule has 0 bridgehead atoms. The van der Waals surface area contributed by atoms with E-state index < -0.39 is 0 Å². The molecule has 0 saturated heterocycles. The number of hydrogen-bond acceptors (Lipinski definition) is 1. The molecule has 0 aliphatic heterocycles. The molecular weight excluding hydrogens is 316 g/mol. The molecule has 0 rings (SSSR count). The number of rotatable bonds is 2. The molecule has 0 aliphatic carbocycles. The molecule has 0 atom stereocenters. The van der Waals surface area contributed by atoms with E-state index in [4.69, 9.17) is 0 Å². The smallest absolute Gasteiger partial charge is 0.0560 e. The molecule has 0 saturated carbocycles. The van der Waals surface area contributed by atoms with Crippen molar-refractivity contribution in [3.8, 4) is 0 Å². The topological polar surface area (TPSA) is 12.0 Å². The quantitative estimate of drug-likeness (QED) is 0.465. The fraction of sp³-hybridized carbons (Fsp3) is 0.500. The fourth-order valence-electron chi connectivity index (χ4n) is 0.136. The highest BCUT2D eigenvalue weighted by molar-refractivity contribution is 14.2. The Morgan fingerprint density at radius 1 is 2.00 bits per heavy atom. The zero-order valence-corrected chi connectivity index (χ0v) is 8.36. The zero-order chi connectivity index (χ0) is 5.54. The Bertz CT molecular complexity index is 75.7. The Labute approximate surface area is 67.8 Å². The zero-order valence-electron chi connectivity index (χ0n) is 4.04. The second kappa shape index (κ2) is 6.91. The van der Waals surface area contributed by atoms with Crippen LogP contribution in [0.3, 0.4) is 0 Å². The molecule has 7 heavy (non-hydrogen) atoms. The molecule has 0 aromatic rings. The van der Waals surface area contributed by atoms with E-state index in [9.17, 15) is 0 Å². The van der Waals surface area contributed by atoms with Crippen LogP contribution in [0.2, 0.25) is 0 Å². The largest absolute Gasteiger partial charge is 0.328 e. The summed E-state index contributed by atoms with van der Waals surface area (Å²) in [6, 6.07) is 0. The maximum absolute atomic E-state index is 3.15. The minimum absolute atomic E-state index is 0.249. The van der Waals surface area contributed by atoms with Crippen molar-refractivity contribution in [2.24, 2.45) is 0 Å². The van der Waals surface area contributed by atoms with E-state index in [1.807, 2.05) is 6.20 Å². The van der Waals surface area contributed by atoms with Gasteiger partial charge in [-0.15, -0.1) is 0 Å². The molecule has 0 aromatic carbocycles. The lowest BCUT2D eigenvalue weighted by molar-refractivity contribution is 1.54. The summed E-state index contributed by atoms with van der Waals surface area (Å²) in [7, 11) is 0. The summed E-state index contributed by atoms with van der Waals surface area (Å²) >= 11 is 2.33. The van der Waals surface area contributed by atoms with Crippen molar-refractivity contribution in [2.75, 3.05) is 4.43 Å². The Morgan fingerprint density at radius 3 is 3.14 bits per heavy atom. The summed E-state index contributed by atoms with van der Waals surface area (Å²) in [6.07, 6.45) is 1.87. The standard InChI is InChI=1S/C4H7I2N/c1-2-6-3-4-7-5/h4,7H,2H2,1H3. The van der Waals surface area contributed by atoms with Crippen molar-refractivity contribution in [2.45, 2.75) is 6.92 Å². The number of nitrogens with one attached hydrogen (secondary N) is 1. The van der Waals surface area contributed by atoms with Crippen LogP contribution in [0.15, 0.2) is 6.20 Å². The van der Waals surface area contributed by atoms with E-state index in [-0.39, 0.29) is 20.7 Å². The van der Waals surface area contributed by atoms with Crippen LogP contribution in [0.5, 0.6) is 0 Å². The first kappa shape index (κ1) is 7.91. The molecule has 0 amide bonds. The maximum Gasteiger partial charge on any atom is 0.0560 e. The predicted octanol–water partition coefficient (Wildman–Crippen LogP) is 1.83. The van der Waals surface area contributed by atoms with Crippen molar-refractivity contribution >= 4 is 47.3 Å². The SMILES string of the molecule is CCI=C=CNI. The summed E-state index contributed by atoms with van der Waals surface area (Å²) in [4.78, 5) is 0. The van der Waals surface area contributed by atoms with Gasteiger partial charge in [-0.1, -0.05) is 31.3 Å². The lowest BCUT2D eigenvalue weighted by atomic mass is 11.0. The van der Waals surface area contributed by atoms with E-state index in [2.05, 4.69) is 37.0 Å². The van der Waals surface area contributed by atoms with Crippen molar-refractivity contribution < 1.29 is 0 Å². The van der Waals surface area contributed by atoms with Gasteiger partial charge in [-0.2, -0.15) is 0 Å². The van der Waals surface area contributed by atoms with Crippen molar-refractivity contribution in [3.05, 3.63) is 6.20 Å². The highest BCUT2D eigenvalue weighted by Crippen LogP contribution is 1.86. The molecule has 1 N–H and O–H groups in total. The molecule has 3 heteroatoms. The minimum Gasteiger partial charge on any atom is -0.328 e. The first-order valence-electron chi connectivity index (χ1n) is 1.93. The van der Waals surface area contributed by atoms with Gasteiger partial charge in [0.1, 0.15) is 0 Å². The Hall–Kier alpha value is 0.910. The van der Waals surface area contributed by atoms with Gasteiger partial charge in [0.15, 0.2) is 0 Å². The third-order valence-corrected chi connectivity index (χ3v) is 2.15. The minimum atomic E-state index is 0.249. The molecule has 0 fully saturated rings. The maximum atomic E-state index is 3.15. The van der Waals surface area contributed by atoms with Gasteiger partial charge in [0.2, 0.25) is 0 Å². The average Bonchev–Trinajstić information content (AvgIpc) is 1.69. The lowest BCUT2D eigenvalue weighted by Crippen LogP contribution is -1.76. The summed E-state index contributed by atoms with van der Waals surface area (Å²) in [6.45, 7) is 2.18. The van der Waals surface area contributed by atoms with Gasteiger partial charge in [-0.25, -0.2) is 0 Å². The number of hydrogen-bond donors (Lipinski definition) is 1. The van der Waals surface area contributed by atoms with Crippen LogP contribution in [0.4, 0.5) is 0 Å². The van der Waals surface area contributed by atoms with Gasteiger partial charge in [0.05, 0.1) is 29.1 Å². The van der Waals surface area contributed by atoms with E-state index in [0.717, 1.165) is 0 Å². The third-order valence-electron chi connectivity index (χ3n) is 0.320. The Kier molecular flexibility index (Phi) is 7.81. The lowest BCUT2D eigenvalue weighted by Gasteiger charge is -1.71. The van der Waals surface area contributed by atoms with Crippen molar-refractivity contribution in [3.63, 3.8) is 0 Å².